The van der Waals surface area contributed by atoms with Crippen LogP contribution in [-0.4, -0.2) is 18.2 Å². The molecule has 5 heteroatoms. The predicted molar refractivity (Wildman–Crippen MR) is 61.3 cm³/mol. The fraction of sp³-hybridized carbons (Fsp3) is 0.364. The van der Waals surface area contributed by atoms with Crippen LogP contribution in [0, 0.1) is 12.7 Å². The van der Waals surface area contributed by atoms with Crippen LogP contribution in [0.3, 0.4) is 0 Å². The van der Waals surface area contributed by atoms with Crippen LogP contribution in [0.15, 0.2) is 10.5 Å². The van der Waals surface area contributed by atoms with Crippen molar-refractivity contribution >= 4 is 21.9 Å². The Kier molecular flexibility index (Phi) is 4.29. The molecule has 3 nitrogen and oxygen atoms in total. The lowest BCUT2D eigenvalue weighted by Crippen LogP contribution is -2.04. The Morgan fingerprint density at radius 3 is 2.75 bits per heavy atom. The van der Waals surface area contributed by atoms with Crippen molar-refractivity contribution in [3.63, 3.8) is 0 Å². The highest BCUT2D eigenvalue weighted by Crippen LogP contribution is 2.32. The molecule has 1 aromatic rings. The Balaban J connectivity index is 3.17. The van der Waals surface area contributed by atoms with Gasteiger partial charge < -0.3 is 9.84 Å². The molecule has 88 valence electrons. The molecular weight excluding hydrogens is 279 g/mol. The van der Waals surface area contributed by atoms with E-state index >= 15 is 0 Å². The molecule has 16 heavy (non-hydrogen) atoms. The number of carboxylic acid groups (broad SMARTS) is 1. The van der Waals surface area contributed by atoms with Crippen molar-refractivity contribution in [2.75, 3.05) is 7.11 Å². The maximum Gasteiger partial charge on any atom is 0.303 e. The molecule has 0 radical (unpaired) electrons. The molecule has 0 aliphatic carbocycles. The number of halogens is 2. The summed E-state index contributed by atoms with van der Waals surface area (Å²) in [6.45, 7) is 1.79. The molecule has 0 spiro atoms. The van der Waals surface area contributed by atoms with Crippen LogP contribution in [-0.2, 0) is 11.2 Å². The summed E-state index contributed by atoms with van der Waals surface area (Å²) in [5, 5.41) is 8.59. The highest BCUT2D eigenvalue weighted by molar-refractivity contribution is 9.10. The second kappa shape index (κ2) is 5.30. The molecule has 0 aliphatic rings. The second-order valence-electron chi connectivity index (χ2n) is 3.39. The lowest BCUT2D eigenvalue weighted by atomic mass is 10.0. The zero-order valence-corrected chi connectivity index (χ0v) is 10.6. The number of hydrogen-bond donors (Lipinski definition) is 1. The quantitative estimate of drug-likeness (QED) is 0.927. The number of carboxylic acids is 1. The van der Waals surface area contributed by atoms with E-state index in [1.54, 1.807) is 13.0 Å². The summed E-state index contributed by atoms with van der Waals surface area (Å²) >= 11 is 3.09. The first-order valence-electron chi connectivity index (χ1n) is 4.70. The van der Waals surface area contributed by atoms with Gasteiger partial charge in [-0.15, -0.1) is 0 Å². The smallest absolute Gasteiger partial charge is 0.303 e. The average Bonchev–Trinajstić information content (AvgIpc) is 2.20. The van der Waals surface area contributed by atoms with Gasteiger partial charge in [0, 0.05) is 12.0 Å². The number of aryl methyl sites for hydroxylation is 1. The van der Waals surface area contributed by atoms with E-state index in [1.807, 2.05) is 0 Å². The maximum absolute atomic E-state index is 13.8. The van der Waals surface area contributed by atoms with E-state index in [2.05, 4.69) is 15.9 Å². The molecule has 1 rings (SSSR count). The van der Waals surface area contributed by atoms with Gasteiger partial charge in [-0.2, -0.15) is 0 Å². The number of aliphatic carboxylic acids is 1. The molecule has 0 bridgehead atoms. The molecule has 1 aromatic carbocycles. The van der Waals surface area contributed by atoms with E-state index in [-0.39, 0.29) is 12.8 Å². The van der Waals surface area contributed by atoms with Gasteiger partial charge in [-0.05, 0) is 40.9 Å². The summed E-state index contributed by atoms with van der Waals surface area (Å²) in [6.07, 6.45) is -0.00616. The third-order valence-corrected chi connectivity index (χ3v) is 2.82. The van der Waals surface area contributed by atoms with Gasteiger partial charge in [-0.3, -0.25) is 4.79 Å². The minimum atomic E-state index is -0.959. The predicted octanol–water partition coefficient (Wildman–Crippen LogP) is 2.92. The topological polar surface area (TPSA) is 46.5 Å². The Morgan fingerprint density at radius 1 is 1.62 bits per heavy atom. The molecule has 0 amide bonds. The third-order valence-electron chi connectivity index (χ3n) is 2.24. The standard InChI is InChI=1S/C11H12BrFO3/c1-6-5-8(12)10(13)7(11(6)16-2)3-4-9(14)15/h5H,3-4H2,1-2H3,(H,14,15). The number of carbonyl (C=O) groups is 1. The van der Waals surface area contributed by atoms with Gasteiger partial charge in [0.1, 0.15) is 11.6 Å². The van der Waals surface area contributed by atoms with Crippen LogP contribution in [0.2, 0.25) is 0 Å². The van der Waals surface area contributed by atoms with Crippen molar-refractivity contribution in [2.45, 2.75) is 19.8 Å². The van der Waals surface area contributed by atoms with E-state index in [9.17, 15) is 9.18 Å². The van der Waals surface area contributed by atoms with Gasteiger partial charge in [0.05, 0.1) is 11.6 Å². The van der Waals surface area contributed by atoms with Crippen molar-refractivity contribution in [2.24, 2.45) is 0 Å². The fourth-order valence-electron chi connectivity index (χ4n) is 1.54. The van der Waals surface area contributed by atoms with Crippen LogP contribution >= 0.6 is 15.9 Å². The average molecular weight is 291 g/mol. The summed E-state index contributed by atoms with van der Waals surface area (Å²) in [7, 11) is 1.44. The minimum Gasteiger partial charge on any atom is -0.496 e. The van der Waals surface area contributed by atoms with Crippen LogP contribution in [0.4, 0.5) is 4.39 Å². The Hall–Kier alpha value is -1.10. The summed E-state index contributed by atoms with van der Waals surface area (Å²) < 4.78 is 19.2. The van der Waals surface area contributed by atoms with E-state index in [0.29, 0.717) is 15.8 Å². The number of rotatable bonds is 4. The summed E-state index contributed by atoms with van der Waals surface area (Å²) in [6, 6.07) is 1.61. The summed E-state index contributed by atoms with van der Waals surface area (Å²) in [5.41, 5.74) is 1.08. The number of benzene rings is 1. The maximum atomic E-state index is 13.8. The van der Waals surface area contributed by atoms with Crippen LogP contribution in [0.25, 0.3) is 0 Å². The zero-order chi connectivity index (χ0) is 12.3. The number of ether oxygens (including phenoxy) is 1. The molecule has 0 saturated carbocycles. The normalized spacial score (nSPS) is 10.2. The number of hydrogen-bond acceptors (Lipinski definition) is 2. The fourth-order valence-corrected chi connectivity index (χ4v) is 2.12. The van der Waals surface area contributed by atoms with Gasteiger partial charge >= 0.3 is 5.97 Å². The summed E-state index contributed by atoms with van der Waals surface area (Å²) in [5.74, 6) is -0.996. The highest BCUT2D eigenvalue weighted by Gasteiger charge is 2.16. The molecule has 0 saturated heterocycles. The molecule has 0 unspecified atom stereocenters. The minimum absolute atomic E-state index is 0.116. The largest absolute Gasteiger partial charge is 0.496 e. The van der Waals surface area contributed by atoms with E-state index in [4.69, 9.17) is 9.84 Å². The molecule has 0 fully saturated rings. The van der Waals surface area contributed by atoms with Gasteiger partial charge in [-0.25, -0.2) is 4.39 Å². The third kappa shape index (κ3) is 2.72. The van der Waals surface area contributed by atoms with Crippen molar-refractivity contribution in [3.8, 4) is 5.75 Å². The van der Waals surface area contributed by atoms with Crippen molar-refractivity contribution in [1.29, 1.82) is 0 Å². The molecular formula is C11H12BrFO3. The first kappa shape index (κ1) is 13.0. The number of methoxy groups -OCH3 is 1. The van der Waals surface area contributed by atoms with Crippen LogP contribution in [0.5, 0.6) is 5.75 Å². The molecule has 0 atom stereocenters. The first-order valence-corrected chi connectivity index (χ1v) is 5.50. The van der Waals surface area contributed by atoms with E-state index in [1.165, 1.54) is 7.11 Å². The highest BCUT2D eigenvalue weighted by atomic mass is 79.9. The lowest BCUT2D eigenvalue weighted by Gasteiger charge is -2.13. The van der Waals surface area contributed by atoms with Gasteiger partial charge in [0.25, 0.3) is 0 Å². The SMILES string of the molecule is COc1c(C)cc(Br)c(F)c1CCC(=O)O. The van der Waals surface area contributed by atoms with Crippen LogP contribution in [0.1, 0.15) is 17.5 Å². The van der Waals surface area contributed by atoms with Gasteiger partial charge in [-0.1, -0.05) is 0 Å². The first-order chi connectivity index (χ1) is 7.47. The van der Waals surface area contributed by atoms with E-state index < -0.39 is 11.8 Å². The molecule has 0 aliphatic heterocycles. The second-order valence-corrected chi connectivity index (χ2v) is 4.25. The van der Waals surface area contributed by atoms with Crippen molar-refractivity contribution in [3.05, 3.63) is 27.5 Å². The van der Waals surface area contributed by atoms with Crippen molar-refractivity contribution in [1.82, 2.24) is 0 Å². The monoisotopic (exact) mass is 290 g/mol. The van der Waals surface area contributed by atoms with Gasteiger partial charge in [0.15, 0.2) is 0 Å². The lowest BCUT2D eigenvalue weighted by molar-refractivity contribution is -0.136. The molecule has 0 aromatic heterocycles. The van der Waals surface area contributed by atoms with Crippen LogP contribution < -0.4 is 4.74 Å². The molecule has 1 N–H and O–H groups in total. The Labute approximate surface area is 101 Å². The Bertz CT molecular complexity index is 418. The zero-order valence-electron chi connectivity index (χ0n) is 9.01. The van der Waals surface area contributed by atoms with Gasteiger partial charge in [0.2, 0.25) is 0 Å². The van der Waals surface area contributed by atoms with E-state index in [0.717, 1.165) is 5.56 Å². The van der Waals surface area contributed by atoms with Crippen molar-refractivity contribution < 1.29 is 19.0 Å². The Morgan fingerprint density at radius 2 is 2.25 bits per heavy atom. The summed E-state index contributed by atoms with van der Waals surface area (Å²) in [4.78, 5) is 10.5. The molecule has 0 heterocycles.